The van der Waals surface area contributed by atoms with Crippen LogP contribution in [0, 0.1) is 51.2 Å². The summed E-state index contributed by atoms with van der Waals surface area (Å²) >= 11 is 1.54. The molecule has 7 atom stereocenters. The van der Waals surface area contributed by atoms with Gasteiger partial charge in [0.15, 0.2) is 0 Å². The van der Waals surface area contributed by atoms with Crippen LogP contribution in [0.5, 0.6) is 0 Å². The maximum atomic E-state index is 5.91. The molecule has 2 heteroatoms. The van der Waals surface area contributed by atoms with Crippen molar-refractivity contribution in [3.05, 3.63) is 0 Å². The average molecular weight is 450 g/mol. The van der Waals surface area contributed by atoms with Crippen molar-refractivity contribution in [2.75, 3.05) is 5.75 Å². The topological polar surface area (TPSA) is 26.0 Å². The second kappa shape index (κ2) is 9.52. The van der Waals surface area contributed by atoms with Gasteiger partial charge in [0.25, 0.3) is 0 Å². The lowest BCUT2D eigenvalue weighted by molar-refractivity contribution is -0.114. The van der Waals surface area contributed by atoms with Crippen molar-refractivity contribution in [3.63, 3.8) is 0 Å². The molecule has 0 aromatic rings. The summed E-state index contributed by atoms with van der Waals surface area (Å²) in [7, 11) is 0. The molecule has 0 aromatic carbocycles. The van der Waals surface area contributed by atoms with Gasteiger partial charge in [0, 0.05) is 5.75 Å². The Hall–Kier alpha value is 0.310. The molecular weight excluding hydrogens is 394 g/mol. The number of nitrogens with two attached hydrogens (primary N) is 1. The molecule has 0 heterocycles. The van der Waals surface area contributed by atoms with Crippen LogP contribution < -0.4 is 5.14 Å². The summed E-state index contributed by atoms with van der Waals surface area (Å²) in [5.74, 6) is 6.12. The van der Waals surface area contributed by atoms with E-state index in [1.165, 1.54) is 57.8 Å². The van der Waals surface area contributed by atoms with Crippen LogP contribution in [0.2, 0.25) is 0 Å². The fourth-order valence-electron chi connectivity index (χ4n) is 9.04. The first-order valence-electron chi connectivity index (χ1n) is 13.9. The van der Waals surface area contributed by atoms with Gasteiger partial charge in [0.2, 0.25) is 0 Å². The van der Waals surface area contributed by atoms with E-state index in [-0.39, 0.29) is 0 Å². The molecule has 0 amide bonds. The van der Waals surface area contributed by atoms with Crippen molar-refractivity contribution >= 4 is 11.9 Å². The molecule has 0 aromatic heterocycles. The zero-order chi connectivity index (χ0) is 23.1. The molecule has 4 aliphatic carbocycles. The molecule has 182 valence electrons. The van der Waals surface area contributed by atoms with E-state index in [4.69, 9.17) is 5.14 Å². The van der Waals surface area contributed by atoms with Crippen LogP contribution in [0.15, 0.2) is 0 Å². The summed E-state index contributed by atoms with van der Waals surface area (Å²) in [4.78, 5) is 0. The molecule has 0 bridgehead atoms. The van der Waals surface area contributed by atoms with E-state index in [0.717, 1.165) is 35.3 Å². The van der Waals surface area contributed by atoms with E-state index in [1.54, 1.807) is 24.8 Å². The van der Waals surface area contributed by atoms with Gasteiger partial charge in [-0.1, -0.05) is 80.2 Å². The van der Waals surface area contributed by atoms with Gasteiger partial charge < -0.3 is 0 Å². The second-order valence-electron chi connectivity index (χ2n) is 13.5. The maximum Gasteiger partial charge on any atom is 0.0133 e. The molecule has 4 rings (SSSR count). The number of fused-ring (bicyclic) bond motifs is 5. The van der Waals surface area contributed by atoms with Crippen LogP contribution in [-0.2, 0) is 0 Å². The van der Waals surface area contributed by atoms with Gasteiger partial charge in [-0.15, -0.1) is 0 Å². The highest BCUT2D eigenvalue weighted by atomic mass is 32.2. The Balaban J connectivity index is 0.00000132. The van der Waals surface area contributed by atoms with E-state index in [9.17, 15) is 0 Å². The second-order valence-corrected chi connectivity index (χ2v) is 14.1. The average Bonchev–Trinajstić information content (AvgIpc) is 3.04. The van der Waals surface area contributed by atoms with Crippen molar-refractivity contribution in [1.82, 2.24) is 0 Å². The zero-order valence-corrected chi connectivity index (χ0v) is 23.2. The van der Waals surface area contributed by atoms with E-state index < -0.39 is 0 Å². The molecule has 4 fully saturated rings. The highest BCUT2D eigenvalue weighted by Gasteiger charge is 2.60. The number of rotatable bonds is 5. The highest BCUT2D eigenvalue weighted by Crippen LogP contribution is 2.68. The first kappa shape index (κ1) is 25.9. The van der Waals surface area contributed by atoms with Gasteiger partial charge in [-0.05, 0) is 109 Å². The summed E-state index contributed by atoms with van der Waals surface area (Å²) in [6.45, 7) is 19.4. The molecule has 4 aliphatic rings. The van der Waals surface area contributed by atoms with Crippen LogP contribution in [0.3, 0.4) is 0 Å². The highest BCUT2D eigenvalue weighted by molar-refractivity contribution is 7.97. The Morgan fingerprint density at radius 1 is 0.774 bits per heavy atom. The minimum atomic E-state index is 0.297. The van der Waals surface area contributed by atoms with Crippen molar-refractivity contribution < 1.29 is 0 Å². The number of hydrogen-bond acceptors (Lipinski definition) is 2. The molecule has 1 nitrogen and oxygen atoms in total. The molecule has 0 aliphatic heterocycles. The van der Waals surface area contributed by atoms with Crippen molar-refractivity contribution in [1.29, 1.82) is 0 Å². The summed E-state index contributed by atoms with van der Waals surface area (Å²) in [6.07, 6.45) is 16.6. The summed E-state index contributed by atoms with van der Waals surface area (Å²) in [6, 6.07) is 0. The molecule has 2 N–H and O–H groups in total. The van der Waals surface area contributed by atoms with Gasteiger partial charge in [0.1, 0.15) is 0 Å². The van der Waals surface area contributed by atoms with Gasteiger partial charge in [-0.3, -0.25) is 5.14 Å². The standard InChI is InChI=1S/C27H49NS.C2H6/c1-24(2,25(3,4)18-29-28)17-20-11-13-22-21-12-10-19-9-7-8-15-26(19,5)23(21)14-16-27(20,22)6;1-2/h19-23H,7-18,28H2,1-6H3;1-2H3. The van der Waals surface area contributed by atoms with E-state index >= 15 is 0 Å². The molecule has 0 radical (unpaired) electrons. The first-order valence-corrected chi connectivity index (χ1v) is 14.9. The smallest absolute Gasteiger partial charge is 0.0133 e. The van der Waals surface area contributed by atoms with Crippen molar-refractivity contribution in [2.45, 2.75) is 126 Å². The fourth-order valence-corrected chi connectivity index (χ4v) is 9.84. The third-order valence-electron chi connectivity index (χ3n) is 11.8. The lowest BCUT2D eigenvalue weighted by atomic mass is 9.44. The normalized spacial score (nSPS) is 42.7. The zero-order valence-electron chi connectivity index (χ0n) is 22.4. The van der Waals surface area contributed by atoms with E-state index in [2.05, 4.69) is 41.5 Å². The predicted octanol–water partition coefficient (Wildman–Crippen LogP) is 9.11. The Bertz CT molecular complexity index is 598. The SMILES string of the molecule is CC.CC12CCCCC1CCC1C2CCC2(C)C(CC(C)(C)C(C)(C)CSN)CCC12. The Morgan fingerprint density at radius 2 is 1.45 bits per heavy atom. The van der Waals surface area contributed by atoms with Crippen LogP contribution in [0.25, 0.3) is 0 Å². The van der Waals surface area contributed by atoms with Gasteiger partial charge in [0.05, 0.1) is 0 Å². The molecular formula is C29H55NS. The Labute approximate surface area is 200 Å². The molecule has 31 heavy (non-hydrogen) atoms. The third-order valence-corrected chi connectivity index (χ3v) is 12.7. The lowest BCUT2D eigenvalue weighted by Gasteiger charge is -2.61. The van der Waals surface area contributed by atoms with E-state index in [0.29, 0.717) is 21.7 Å². The Kier molecular flexibility index (Phi) is 7.96. The summed E-state index contributed by atoms with van der Waals surface area (Å²) < 4.78 is 0. The molecule has 4 saturated carbocycles. The quantitative estimate of drug-likeness (QED) is 0.423. The predicted molar refractivity (Wildman–Crippen MR) is 140 cm³/mol. The monoisotopic (exact) mass is 449 g/mol. The molecule has 7 unspecified atom stereocenters. The Morgan fingerprint density at radius 3 is 2.13 bits per heavy atom. The van der Waals surface area contributed by atoms with Crippen molar-refractivity contribution in [2.24, 2.45) is 56.4 Å². The first-order chi connectivity index (χ1) is 14.6. The van der Waals surface area contributed by atoms with Gasteiger partial charge in [-0.2, -0.15) is 0 Å². The fraction of sp³-hybridized carbons (Fsp3) is 1.00. The van der Waals surface area contributed by atoms with Crippen LogP contribution in [0.1, 0.15) is 126 Å². The molecule has 0 saturated heterocycles. The minimum Gasteiger partial charge on any atom is -0.278 e. The van der Waals surface area contributed by atoms with E-state index in [1.807, 2.05) is 13.8 Å². The maximum absolute atomic E-state index is 5.91. The van der Waals surface area contributed by atoms with Crippen LogP contribution in [-0.4, -0.2) is 5.75 Å². The summed E-state index contributed by atoms with van der Waals surface area (Å²) in [5, 5.41) is 5.91. The van der Waals surface area contributed by atoms with Crippen LogP contribution in [0.4, 0.5) is 0 Å². The molecule has 0 spiro atoms. The van der Waals surface area contributed by atoms with Gasteiger partial charge in [-0.25, -0.2) is 0 Å². The lowest BCUT2D eigenvalue weighted by Crippen LogP contribution is -2.53. The minimum absolute atomic E-state index is 0.297. The van der Waals surface area contributed by atoms with Crippen LogP contribution >= 0.6 is 11.9 Å². The van der Waals surface area contributed by atoms with Crippen molar-refractivity contribution in [3.8, 4) is 0 Å². The van der Waals surface area contributed by atoms with Gasteiger partial charge >= 0.3 is 0 Å². The third kappa shape index (κ3) is 4.40. The number of hydrogen-bond donors (Lipinski definition) is 1. The largest absolute Gasteiger partial charge is 0.278 e. The summed E-state index contributed by atoms with van der Waals surface area (Å²) in [5.41, 5.74) is 1.93.